The summed E-state index contributed by atoms with van der Waals surface area (Å²) in [6.45, 7) is 1.93. The van der Waals surface area contributed by atoms with Crippen LogP contribution in [0.15, 0.2) is 90.0 Å². The van der Waals surface area contributed by atoms with Crippen LogP contribution in [0.25, 0.3) is 0 Å². The molecule has 1 fully saturated rings. The first kappa shape index (κ1) is 63.3. The minimum absolute atomic E-state index is 0.00138. The lowest BCUT2D eigenvalue weighted by atomic mass is 10.1. The summed E-state index contributed by atoms with van der Waals surface area (Å²) < 4.78 is 56.6. The SMILES string of the molecule is CCCCC/C=C\C/C=C\CCCCCCCC(=O)O[C@H](COC(=O)CCC/C=C/C=C\C(O)C/C=C\C/C=C\CCCCC)COP(=O)(O)OP(=O)(O)OC[C@H]1O[C@@H](n2ccc(N)nc2=O)[C@H](O)[C@@H]1O. The van der Waals surface area contributed by atoms with Crippen molar-refractivity contribution >= 4 is 33.4 Å². The molecule has 19 nitrogen and oxygen atoms in total. The number of aromatic nitrogens is 2. The molecule has 402 valence electrons. The molecule has 1 aliphatic heterocycles. The Balaban J connectivity index is 1.86. The first-order valence-electron chi connectivity index (χ1n) is 25.1. The third-order valence-corrected chi connectivity index (χ3v) is 13.4. The van der Waals surface area contributed by atoms with E-state index in [-0.39, 0.29) is 18.7 Å². The van der Waals surface area contributed by atoms with Crippen LogP contribution in [0, 0.1) is 0 Å². The molecule has 0 radical (unpaired) electrons. The van der Waals surface area contributed by atoms with Gasteiger partial charge in [-0.2, -0.15) is 9.29 Å². The molecule has 0 spiro atoms. The van der Waals surface area contributed by atoms with E-state index in [9.17, 15) is 48.6 Å². The predicted octanol–water partition coefficient (Wildman–Crippen LogP) is 9.08. The highest BCUT2D eigenvalue weighted by molar-refractivity contribution is 7.61. The van der Waals surface area contributed by atoms with Crippen LogP contribution in [-0.2, 0) is 46.3 Å². The van der Waals surface area contributed by atoms with Crippen molar-refractivity contribution < 1.29 is 71.4 Å². The van der Waals surface area contributed by atoms with E-state index in [0.29, 0.717) is 25.7 Å². The van der Waals surface area contributed by atoms with E-state index in [1.165, 1.54) is 44.6 Å². The Kier molecular flexibility index (Phi) is 33.7. The molecule has 0 aliphatic carbocycles. The molecule has 2 heterocycles. The third-order valence-electron chi connectivity index (χ3n) is 10.8. The number of ether oxygens (including phenoxy) is 3. The van der Waals surface area contributed by atoms with Gasteiger partial charge in [-0.3, -0.25) is 23.2 Å². The second-order valence-corrected chi connectivity index (χ2v) is 20.2. The molecular formula is C50H81N3O16P2. The summed E-state index contributed by atoms with van der Waals surface area (Å²) >= 11 is 0. The fraction of sp³-hybridized carbons (Fsp3) is 0.640. The topological polar surface area (TPSA) is 286 Å². The van der Waals surface area contributed by atoms with Gasteiger partial charge in [0, 0.05) is 19.0 Å². The highest BCUT2D eigenvalue weighted by Crippen LogP contribution is 2.60. The summed E-state index contributed by atoms with van der Waals surface area (Å²) in [5, 5.41) is 31.1. The Labute approximate surface area is 419 Å². The van der Waals surface area contributed by atoms with Gasteiger partial charge in [-0.25, -0.2) is 13.9 Å². The molecule has 2 rings (SSSR count). The molecule has 3 unspecified atom stereocenters. The number of aliphatic hydroxyl groups excluding tert-OH is 3. The summed E-state index contributed by atoms with van der Waals surface area (Å²) in [6.07, 6.45) is 34.4. The van der Waals surface area contributed by atoms with Crippen LogP contribution in [0.4, 0.5) is 5.82 Å². The second-order valence-electron chi connectivity index (χ2n) is 17.2. The molecule has 21 heteroatoms. The number of carbonyl (C=O) groups is 2. The monoisotopic (exact) mass is 1040 g/mol. The molecule has 0 aromatic carbocycles. The second kappa shape index (κ2) is 37.8. The van der Waals surface area contributed by atoms with E-state index < -0.39 is 89.8 Å². The Bertz CT molecular complexity index is 1990. The normalized spacial score (nSPS) is 20.2. The number of esters is 2. The number of hydrogen-bond acceptors (Lipinski definition) is 16. The Morgan fingerprint density at radius 2 is 1.32 bits per heavy atom. The summed E-state index contributed by atoms with van der Waals surface area (Å²) in [5.41, 5.74) is 4.57. The average Bonchev–Trinajstić information content (AvgIpc) is 3.60. The summed E-state index contributed by atoms with van der Waals surface area (Å²) in [6, 6.07) is 1.24. The molecule has 8 atom stereocenters. The van der Waals surface area contributed by atoms with Crippen LogP contribution in [-0.4, -0.2) is 96.9 Å². The third kappa shape index (κ3) is 30.7. The number of nitrogen functional groups attached to an aromatic ring is 1. The van der Waals surface area contributed by atoms with Crippen LogP contribution in [0.3, 0.4) is 0 Å². The standard InChI is InChI=1S/C50H81N3O16P2/c1-3-5-7-9-11-13-14-15-16-17-18-20-22-26-31-35-46(56)67-42(38-64-45(55)34-30-27-23-25-29-33-41(54)32-28-24-21-19-12-10-8-6-4-2)39-65-70(60,61)69-71(62,63)66-40-43-47(57)48(58)49(68-43)53-37-36-44(51)52-50(53)59/h11-13,15-16,19,23-25,28-29,33,36-37,41-43,47-49,54,57-58H,3-10,14,17-18,20-22,26-27,30-32,34-35,38-40H2,1-2H3,(H,60,61)(H,62,63)(H2,51,52,59)/b13-11-,16-15-,19-12-,25-23+,28-24-,33-29-/t41?,42-,43-,47-,48-,49-/m1/s1. The van der Waals surface area contributed by atoms with E-state index in [0.717, 1.165) is 68.6 Å². The molecule has 0 saturated carbocycles. The summed E-state index contributed by atoms with van der Waals surface area (Å²) in [4.78, 5) is 61.8. The number of hydrogen-bond donors (Lipinski definition) is 6. The number of rotatable bonds is 40. The van der Waals surface area contributed by atoms with E-state index in [4.69, 9.17) is 29.0 Å². The number of anilines is 1. The number of phosphoric ester groups is 2. The lowest BCUT2D eigenvalue weighted by molar-refractivity contribution is -0.161. The maximum absolute atomic E-state index is 12.8. The fourth-order valence-electron chi connectivity index (χ4n) is 6.89. The lowest BCUT2D eigenvalue weighted by Crippen LogP contribution is -2.36. The largest absolute Gasteiger partial charge is 0.481 e. The van der Waals surface area contributed by atoms with Crippen molar-refractivity contribution in [3.63, 3.8) is 0 Å². The van der Waals surface area contributed by atoms with Crippen molar-refractivity contribution in [1.29, 1.82) is 0 Å². The van der Waals surface area contributed by atoms with Gasteiger partial charge in [-0.15, -0.1) is 0 Å². The number of nitrogens with two attached hydrogens (primary N) is 1. The van der Waals surface area contributed by atoms with Gasteiger partial charge >= 0.3 is 33.3 Å². The Morgan fingerprint density at radius 1 is 0.746 bits per heavy atom. The van der Waals surface area contributed by atoms with Gasteiger partial charge in [0.05, 0.1) is 19.3 Å². The van der Waals surface area contributed by atoms with E-state index >= 15 is 0 Å². The molecule has 1 aliphatic rings. The molecule has 71 heavy (non-hydrogen) atoms. The zero-order valence-electron chi connectivity index (χ0n) is 41.6. The van der Waals surface area contributed by atoms with Crippen LogP contribution in [0.1, 0.15) is 155 Å². The van der Waals surface area contributed by atoms with Gasteiger partial charge in [0.2, 0.25) is 0 Å². The fourth-order valence-corrected chi connectivity index (χ4v) is 9.00. The molecule has 0 amide bonds. The smallest absolute Gasteiger partial charge is 0.462 e. The van der Waals surface area contributed by atoms with Crippen LogP contribution in [0.2, 0.25) is 0 Å². The molecule has 1 saturated heterocycles. The van der Waals surface area contributed by atoms with Gasteiger partial charge < -0.3 is 45.1 Å². The van der Waals surface area contributed by atoms with Gasteiger partial charge in [-0.05, 0) is 83.1 Å². The van der Waals surface area contributed by atoms with E-state index in [1.54, 1.807) is 18.2 Å². The van der Waals surface area contributed by atoms with Crippen molar-refractivity contribution in [1.82, 2.24) is 9.55 Å². The highest BCUT2D eigenvalue weighted by Gasteiger charge is 2.46. The minimum atomic E-state index is -5.46. The highest BCUT2D eigenvalue weighted by atomic mass is 31.3. The molecular weight excluding hydrogens is 961 g/mol. The summed E-state index contributed by atoms with van der Waals surface area (Å²) in [7, 11) is -10.9. The summed E-state index contributed by atoms with van der Waals surface area (Å²) in [5.74, 6) is -1.46. The zero-order chi connectivity index (χ0) is 52.2. The average molecular weight is 1040 g/mol. The Morgan fingerprint density at radius 3 is 1.97 bits per heavy atom. The minimum Gasteiger partial charge on any atom is -0.462 e. The van der Waals surface area contributed by atoms with Crippen molar-refractivity contribution in [2.45, 2.75) is 185 Å². The maximum Gasteiger partial charge on any atom is 0.481 e. The van der Waals surface area contributed by atoms with Crippen LogP contribution in [0.5, 0.6) is 0 Å². The quantitative estimate of drug-likeness (QED) is 0.0117. The van der Waals surface area contributed by atoms with Crippen LogP contribution < -0.4 is 11.4 Å². The Hall–Kier alpha value is -3.84. The number of unbranched alkanes of at least 4 members (excludes halogenated alkanes) is 12. The first-order chi connectivity index (χ1) is 34.1. The zero-order valence-corrected chi connectivity index (χ0v) is 43.4. The number of phosphoric acid groups is 2. The number of aliphatic hydroxyl groups is 3. The molecule has 0 bridgehead atoms. The number of allylic oxidation sites excluding steroid dienone is 10. The number of nitrogens with zero attached hydrogens (tertiary/aromatic N) is 2. The molecule has 7 N–H and O–H groups in total. The van der Waals surface area contributed by atoms with Gasteiger partial charge in [0.1, 0.15) is 30.7 Å². The van der Waals surface area contributed by atoms with E-state index in [2.05, 4.69) is 59.6 Å². The van der Waals surface area contributed by atoms with E-state index in [1.807, 2.05) is 18.2 Å². The van der Waals surface area contributed by atoms with Gasteiger partial charge in [0.25, 0.3) is 0 Å². The maximum atomic E-state index is 12.8. The van der Waals surface area contributed by atoms with Gasteiger partial charge in [-0.1, -0.05) is 132 Å². The van der Waals surface area contributed by atoms with Crippen molar-refractivity contribution in [3.05, 3.63) is 95.7 Å². The van der Waals surface area contributed by atoms with Crippen molar-refractivity contribution in [2.75, 3.05) is 25.6 Å². The van der Waals surface area contributed by atoms with Crippen LogP contribution >= 0.6 is 15.6 Å². The molecule has 1 aromatic rings. The number of carbonyl (C=O) groups excluding carboxylic acids is 2. The predicted molar refractivity (Wildman–Crippen MR) is 271 cm³/mol. The van der Waals surface area contributed by atoms with Crippen molar-refractivity contribution in [3.8, 4) is 0 Å². The first-order valence-corrected chi connectivity index (χ1v) is 28.0. The van der Waals surface area contributed by atoms with Gasteiger partial charge in [0.15, 0.2) is 12.3 Å². The molecule has 1 aromatic heterocycles. The lowest BCUT2D eigenvalue weighted by Gasteiger charge is -2.21. The van der Waals surface area contributed by atoms with Crippen molar-refractivity contribution in [2.24, 2.45) is 0 Å².